The van der Waals surface area contributed by atoms with Gasteiger partial charge in [-0.3, -0.25) is 0 Å². The van der Waals surface area contributed by atoms with Crippen molar-refractivity contribution in [1.82, 2.24) is 0 Å². The van der Waals surface area contributed by atoms with Crippen LogP contribution >= 0.6 is 0 Å². The highest BCUT2D eigenvalue weighted by Gasteiger charge is 2.06. The Labute approximate surface area is 128 Å². The molecule has 0 aromatic carbocycles. The van der Waals surface area contributed by atoms with Gasteiger partial charge in [-0.05, 0) is 38.7 Å². The zero-order valence-corrected chi connectivity index (χ0v) is 13.1. The van der Waals surface area contributed by atoms with E-state index in [0.717, 1.165) is 25.7 Å². The Morgan fingerprint density at radius 1 is 1.05 bits per heavy atom. The molecule has 3 heteroatoms. The lowest BCUT2D eigenvalue weighted by molar-refractivity contribution is -0.142. The molecule has 3 nitrogen and oxygen atoms in total. The largest absolute Gasteiger partial charge is 0.459 e. The summed E-state index contributed by atoms with van der Waals surface area (Å²) < 4.78 is 5.27. The average molecular weight is 292 g/mol. The van der Waals surface area contributed by atoms with Crippen LogP contribution in [-0.4, -0.2) is 23.3 Å². The maximum absolute atomic E-state index is 11.5. The zero-order chi connectivity index (χ0) is 15.3. The van der Waals surface area contributed by atoms with Crippen LogP contribution in [-0.2, 0) is 9.53 Å². The Kier molecular flexibility index (Phi) is 9.65. The van der Waals surface area contributed by atoms with E-state index in [4.69, 9.17) is 4.74 Å². The maximum Gasteiger partial charge on any atom is 0.331 e. The Morgan fingerprint density at radius 3 is 2.29 bits per heavy atom. The summed E-state index contributed by atoms with van der Waals surface area (Å²) >= 11 is 0. The van der Waals surface area contributed by atoms with Crippen LogP contribution in [0.3, 0.4) is 0 Å². The van der Waals surface area contributed by atoms with Crippen LogP contribution in [0.4, 0.5) is 0 Å². The van der Waals surface area contributed by atoms with E-state index in [1.165, 1.54) is 44.3 Å². The second-order valence-electron chi connectivity index (χ2n) is 5.79. The molecular formula is C18H28O3. The third-order valence-corrected chi connectivity index (χ3v) is 3.71. The van der Waals surface area contributed by atoms with Crippen LogP contribution in [0.15, 0.2) is 12.2 Å². The van der Waals surface area contributed by atoms with Gasteiger partial charge in [-0.25, -0.2) is 4.79 Å². The minimum atomic E-state index is -0.594. The molecule has 1 N–H and O–H groups in total. The number of hydrogen-bond donors (Lipinski definition) is 1. The molecule has 0 saturated heterocycles. The fraction of sp³-hybridized carbons (Fsp3) is 0.722. The van der Waals surface area contributed by atoms with Gasteiger partial charge in [0, 0.05) is 6.08 Å². The topological polar surface area (TPSA) is 46.5 Å². The molecule has 1 heterocycles. The summed E-state index contributed by atoms with van der Waals surface area (Å²) in [6, 6.07) is 0. The monoisotopic (exact) mass is 292 g/mol. The summed E-state index contributed by atoms with van der Waals surface area (Å²) in [4.78, 5) is 11.5. The third kappa shape index (κ3) is 10.1. The molecule has 0 amide bonds. The number of rotatable bonds is 0. The van der Waals surface area contributed by atoms with E-state index in [1.54, 1.807) is 0 Å². The smallest absolute Gasteiger partial charge is 0.331 e. The van der Waals surface area contributed by atoms with Crippen molar-refractivity contribution in [3.05, 3.63) is 12.2 Å². The lowest BCUT2D eigenvalue weighted by Crippen LogP contribution is -2.12. The number of ether oxygens (including phenoxy) is 1. The number of allylic oxidation sites excluding steroid dienone is 1. The SMILES string of the molecule is C[C@H]1CCCCCCCCCC[C@@H](O)C#C/C=C/C(=O)O1. The highest BCUT2D eigenvalue weighted by molar-refractivity contribution is 5.82. The minimum Gasteiger partial charge on any atom is -0.459 e. The first kappa shape index (κ1) is 17.8. The van der Waals surface area contributed by atoms with Gasteiger partial charge in [0.25, 0.3) is 0 Å². The molecule has 0 radical (unpaired) electrons. The zero-order valence-electron chi connectivity index (χ0n) is 13.1. The third-order valence-electron chi connectivity index (χ3n) is 3.71. The molecule has 118 valence electrons. The van der Waals surface area contributed by atoms with Crippen LogP contribution in [0.5, 0.6) is 0 Å². The molecule has 0 fully saturated rings. The molecule has 21 heavy (non-hydrogen) atoms. The summed E-state index contributed by atoms with van der Waals surface area (Å²) in [6.45, 7) is 1.93. The van der Waals surface area contributed by atoms with Crippen LogP contribution in [0, 0.1) is 11.8 Å². The number of esters is 1. The molecular weight excluding hydrogens is 264 g/mol. The van der Waals surface area contributed by atoms with Gasteiger partial charge >= 0.3 is 5.97 Å². The minimum absolute atomic E-state index is 0.0421. The van der Waals surface area contributed by atoms with Gasteiger partial charge in [0.15, 0.2) is 0 Å². The summed E-state index contributed by atoms with van der Waals surface area (Å²) in [5.41, 5.74) is 0. The van der Waals surface area contributed by atoms with Crippen molar-refractivity contribution in [3.8, 4) is 11.8 Å². The van der Waals surface area contributed by atoms with Gasteiger partial charge in [0.2, 0.25) is 0 Å². The fourth-order valence-corrected chi connectivity index (χ4v) is 2.45. The number of cyclic esters (lactones) is 1. The van der Waals surface area contributed by atoms with Gasteiger partial charge in [-0.2, -0.15) is 0 Å². The van der Waals surface area contributed by atoms with E-state index in [0.29, 0.717) is 6.42 Å². The molecule has 0 saturated carbocycles. The normalized spacial score (nSPS) is 28.4. The van der Waals surface area contributed by atoms with E-state index >= 15 is 0 Å². The Hall–Kier alpha value is -1.27. The van der Waals surface area contributed by atoms with Gasteiger partial charge in [-0.1, -0.05) is 50.4 Å². The van der Waals surface area contributed by atoms with Crippen molar-refractivity contribution in [2.24, 2.45) is 0 Å². The Morgan fingerprint density at radius 2 is 1.62 bits per heavy atom. The van der Waals surface area contributed by atoms with E-state index in [9.17, 15) is 9.90 Å². The van der Waals surface area contributed by atoms with E-state index in [1.807, 2.05) is 6.92 Å². The molecule has 0 bridgehead atoms. The summed E-state index contributed by atoms with van der Waals surface area (Å²) in [7, 11) is 0. The summed E-state index contributed by atoms with van der Waals surface area (Å²) in [6.07, 6.45) is 13.3. The highest BCUT2D eigenvalue weighted by atomic mass is 16.5. The average Bonchev–Trinajstić information content (AvgIpc) is 2.44. The first-order chi connectivity index (χ1) is 10.2. The molecule has 0 spiro atoms. The lowest BCUT2D eigenvalue weighted by atomic mass is 10.0. The number of carbonyl (C=O) groups is 1. The molecule has 2 atom stereocenters. The van der Waals surface area contributed by atoms with Gasteiger partial charge in [0.1, 0.15) is 6.10 Å². The Bertz CT molecular complexity index is 376. The second kappa shape index (κ2) is 11.4. The van der Waals surface area contributed by atoms with Crippen LogP contribution in [0.1, 0.15) is 71.1 Å². The molecule has 1 rings (SSSR count). The quantitative estimate of drug-likeness (QED) is 0.546. The molecule has 1 aliphatic heterocycles. The first-order valence-electron chi connectivity index (χ1n) is 8.25. The van der Waals surface area contributed by atoms with E-state index in [2.05, 4.69) is 11.8 Å². The van der Waals surface area contributed by atoms with Crippen molar-refractivity contribution in [3.63, 3.8) is 0 Å². The van der Waals surface area contributed by atoms with Gasteiger partial charge < -0.3 is 9.84 Å². The molecule has 0 aromatic rings. The standard InChI is InChI=1S/C18H28O3/c1-16-12-8-6-4-2-3-5-7-9-13-17(19)14-10-11-15-18(20)21-16/h11,15-17,19H,2-9,12-13H2,1H3/b15-11+/t16-,17+/m0/s1. The number of aliphatic hydroxyl groups excluding tert-OH is 1. The van der Waals surface area contributed by atoms with E-state index < -0.39 is 6.10 Å². The van der Waals surface area contributed by atoms with Gasteiger partial charge in [-0.15, -0.1) is 0 Å². The predicted molar refractivity (Wildman–Crippen MR) is 84.6 cm³/mol. The van der Waals surface area contributed by atoms with Crippen molar-refractivity contribution < 1.29 is 14.6 Å². The van der Waals surface area contributed by atoms with Crippen molar-refractivity contribution in [1.29, 1.82) is 0 Å². The maximum atomic E-state index is 11.5. The van der Waals surface area contributed by atoms with Gasteiger partial charge in [0.05, 0.1) is 6.10 Å². The number of aliphatic hydroxyl groups is 1. The van der Waals surface area contributed by atoms with Crippen molar-refractivity contribution in [2.45, 2.75) is 83.3 Å². The van der Waals surface area contributed by atoms with Crippen molar-refractivity contribution in [2.75, 3.05) is 0 Å². The molecule has 1 aliphatic rings. The number of hydrogen-bond acceptors (Lipinski definition) is 3. The van der Waals surface area contributed by atoms with Crippen LogP contribution < -0.4 is 0 Å². The van der Waals surface area contributed by atoms with Crippen LogP contribution in [0.2, 0.25) is 0 Å². The number of carbonyl (C=O) groups excluding carboxylic acids is 1. The van der Waals surface area contributed by atoms with Crippen LogP contribution in [0.25, 0.3) is 0 Å². The van der Waals surface area contributed by atoms with E-state index in [-0.39, 0.29) is 12.1 Å². The predicted octanol–water partition coefficient (Wildman–Crippen LogP) is 3.75. The lowest BCUT2D eigenvalue weighted by Gasteiger charge is -2.11. The highest BCUT2D eigenvalue weighted by Crippen LogP contribution is 2.13. The van der Waals surface area contributed by atoms with Crippen molar-refractivity contribution >= 4 is 5.97 Å². The Balaban J connectivity index is 2.46. The fourth-order valence-electron chi connectivity index (χ4n) is 2.45. The summed E-state index contributed by atoms with van der Waals surface area (Å²) in [5.74, 6) is 5.08. The molecule has 0 aromatic heterocycles. The summed E-state index contributed by atoms with van der Waals surface area (Å²) in [5, 5.41) is 9.69. The molecule has 0 unspecified atom stereocenters. The second-order valence-corrected chi connectivity index (χ2v) is 5.79. The first-order valence-corrected chi connectivity index (χ1v) is 8.25. The molecule has 0 aliphatic carbocycles.